The molecule has 0 aromatic carbocycles. The largest absolute Gasteiger partial charge is 0.460 e. The van der Waals surface area contributed by atoms with E-state index in [-0.39, 0.29) is 12.1 Å². The predicted molar refractivity (Wildman–Crippen MR) is 51.4 cm³/mol. The topological polar surface area (TPSA) is 46.5 Å². The molecule has 0 aliphatic heterocycles. The van der Waals surface area contributed by atoms with Crippen molar-refractivity contribution in [1.82, 2.24) is 0 Å². The summed E-state index contributed by atoms with van der Waals surface area (Å²) in [5.74, 6) is -0.199. The first-order chi connectivity index (χ1) is 6.11. The predicted octanol–water partition coefficient (Wildman–Crippen LogP) is 1.88. The fourth-order valence-electron chi connectivity index (χ4n) is 1.07. The van der Waals surface area contributed by atoms with Gasteiger partial charge in [-0.2, -0.15) is 0 Å². The van der Waals surface area contributed by atoms with Gasteiger partial charge in [0.2, 0.25) is 0 Å². The van der Waals surface area contributed by atoms with Gasteiger partial charge in [0.05, 0.1) is 6.10 Å². The summed E-state index contributed by atoms with van der Waals surface area (Å²) in [5.41, 5.74) is 0. The van der Waals surface area contributed by atoms with Crippen molar-refractivity contribution in [2.75, 3.05) is 0 Å². The van der Waals surface area contributed by atoms with Crippen molar-refractivity contribution in [1.29, 1.82) is 0 Å². The number of unbranched alkanes of at least 4 members (excludes halogenated alkanes) is 1. The van der Waals surface area contributed by atoms with Gasteiger partial charge in [0.15, 0.2) is 0 Å². The van der Waals surface area contributed by atoms with Crippen molar-refractivity contribution in [2.24, 2.45) is 0 Å². The molecule has 0 aromatic rings. The van der Waals surface area contributed by atoms with Gasteiger partial charge >= 0.3 is 5.97 Å². The quantitative estimate of drug-likeness (QED) is 0.647. The third kappa shape index (κ3) is 5.64. The number of carbonyl (C=O) groups excluding carboxylic acids is 1. The fourth-order valence-corrected chi connectivity index (χ4v) is 1.07. The Hall–Kier alpha value is -0.570. The highest BCUT2D eigenvalue weighted by Crippen LogP contribution is 2.07. The van der Waals surface area contributed by atoms with Gasteiger partial charge in [0, 0.05) is 6.42 Å². The van der Waals surface area contributed by atoms with Crippen LogP contribution in [0.15, 0.2) is 0 Å². The molecule has 3 nitrogen and oxygen atoms in total. The third-order valence-electron chi connectivity index (χ3n) is 1.96. The first kappa shape index (κ1) is 12.4. The zero-order valence-corrected chi connectivity index (χ0v) is 8.75. The van der Waals surface area contributed by atoms with E-state index in [4.69, 9.17) is 4.74 Å². The summed E-state index contributed by atoms with van der Waals surface area (Å²) in [5, 5.41) is 9.21. The molecule has 1 N–H and O–H groups in total. The van der Waals surface area contributed by atoms with Gasteiger partial charge in [0.25, 0.3) is 0 Å². The van der Waals surface area contributed by atoms with Crippen LogP contribution in [-0.2, 0) is 9.53 Å². The number of hydrogen-bond donors (Lipinski definition) is 1. The molecule has 0 radical (unpaired) electrons. The second-order valence-corrected chi connectivity index (χ2v) is 3.28. The number of rotatable bonds is 6. The van der Waals surface area contributed by atoms with E-state index in [1.54, 1.807) is 6.92 Å². The molecule has 0 aliphatic rings. The highest BCUT2D eigenvalue weighted by Gasteiger charge is 2.16. The van der Waals surface area contributed by atoms with E-state index >= 15 is 0 Å². The number of esters is 1. The second-order valence-electron chi connectivity index (χ2n) is 3.28. The standard InChI is InChI=1S/C10H20O3/c1-4-6-7-10(12)13-9(5-2)8(3)11/h8-9,11H,4-7H2,1-3H3. The van der Waals surface area contributed by atoms with Crippen LogP contribution in [0.3, 0.4) is 0 Å². The average Bonchev–Trinajstić information content (AvgIpc) is 2.10. The Morgan fingerprint density at radius 3 is 2.46 bits per heavy atom. The SMILES string of the molecule is CCCCC(=O)OC(CC)C(C)O. The summed E-state index contributed by atoms with van der Waals surface area (Å²) in [6.45, 7) is 5.56. The lowest BCUT2D eigenvalue weighted by Gasteiger charge is -2.18. The zero-order valence-electron chi connectivity index (χ0n) is 8.75. The minimum atomic E-state index is -0.574. The normalized spacial score (nSPS) is 15.1. The zero-order chi connectivity index (χ0) is 10.3. The van der Waals surface area contributed by atoms with Crippen molar-refractivity contribution in [3.63, 3.8) is 0 Å². The number of hydrogen-bond acceptors (Lipinski definition) is 3. The number of carbonyl (C=O) groups is 1. The minimum Gasteiger partial charge on any atom is -0.460 e. The Bertz CT molecular complexity index is 143. The van der Waals surface area contributed by atoms with Crippen molar-refractivity contribution in [3.05, 3.63) is 0 Å². The Kier molecular flexibility index (Phi) is 6.59. The number of ether oxygens (including phenoxy) is 1. The van der Waals surface area contributed by atoms with E-state index in [0.29, 0.717) is 12.8 Å². The third-order valence-corrected chi connectivity index (χ3v) is 1.96. The highest BCUT2D eigenvalue weighted by molar-refractivity contribution is 5.69. The second kappa shape index (κ2) is 6.89. The lowest BCUT2D eigenvalue weighted by atomic mass is 10.2. The van der Waals surface area contributed by atoms with Crippen LogP contribution in [0.5, 0.6) is 0 Å². The molecule has 0 amide bonds. The molecule has 0 saturated heterocycles. The van der Waals surface area contributed by atoms with Crippen LogP contribution in [0.2, 0.25) is 0 Å². The van der Waals surface area contributed by atoms with Crippen molar-refractivity contribution < 1.29 is 14.6 Å². The van der Waals surface area contributed by atoms with Gasteiger partial charge in [-0.3, -0.25) is 4.79 Å². The lowest BCUT2D eigenvalue weighted by Crippen LogP contribution is -2.28. The monoisotopic (exact) mass is 188 g/mol. The van der Waals surface area contributed by atoms with E-state index < -0.39 is 6.10 Å². The molecule has 0 fully saturated rings. The maximum absolute atomic E-state index is 11.1. The van der Waals surface area contributed by atoms with E-state index in [2.05, 4.69) is 0 Å². The molecule has 2 atom stereocenters. The summed E-state index contributed by atoms with van der Waals surface area (Å²) in [6, 6.07) is 0. The van der Waals surface area contributed by atoms with Gasteiger partial charge in [-0.05, 0) is 19.8 Å². The summed E-state index contributed by atoms with van der Waals surface area (Å²) < 4.78 is 5.07. The first-order valence-corrected chi connectivity index (χ1v) is 4.99. The molecule has 78 valence electrons. The molecule has 2 unspecified atom stereocenters. The molecule has 0 saturated carbocycles. The fraction of sp³-hybridized carbons (Fsp3) is 0.900. The first-order valence-electron chi connectivity index (χ1n) is 4.99. The van der Waals surface area contributed by atoms with Gasteiger partial charge < -0.3 is 9.84 Å². The molecular formula is C10H20O3. The van der Waals surface area contributed by atoms with Gasteiger partial charge in [-0.1, -0.05) is 20.3 Å². The lowest BCUT2D eigenvalue weighted by molar-refractivity contribution is -0.154. The van der Waals surface area contributed by atoms with Crippen molar-refractivity contribution >= 4 is 5.97 Å². The molecule has 0 bridgehead atoms. The van der Waals surface area contributed by atoms with Crippen molar-refractivity contribution in [2.45, 2.75) is 58.7 Å². The molecule has 0 spiro atoms. The van der Waals surface area contributed by atoms with Crippen LogP contribution in [0.4, 0.5) is 0 Å². The van der Waals surface area contributed by atoms with Crippen LogP contribution in [0.1, 0.15) is 46.5 Å². The Balaban J connectivity index is 3.73. The molecule has 0 heterocycles. The number of aliphatic hydroxyl groups is 1. The van der Waals surface area contributed by atoms with E-state index in [1.165, 1.54) is 0 Å². The van der Waals surface area contributed by atoms with Crippen LogP contribution < -0.4 is 0 Å². The summed E-state index contributed by atoms with van der Waals surface area (Å²) >= 11 is 0. The van der Waals surface area contributed by atoms with E-state index in [0.717, 1.165) is 12.8 Å². The summed E-state index contributed by atoms with van der Waals surface area (Å²) in [4.78, 5) is 11.1. The summed E-state index contributed by atoms with van der Waals surface area (Å²) in [7, 11) is 0. The molecule has 0 aromatic heterocycles. The smallest absolute Gasteiger partial charge is 0.306 e. The maximum Gasteiger partial charge on any atom is 0.306 e. The van der Waals surface area contributed by atoms with Crippen molar-refractivity contribution in [3.8, 4) is 0 Å². The molecule has 0 rings (SSSR count). The number of aliphatic hydroxyl groups excluding tert-OH is 1. The maximum atomic E-state index is 11.1. The highest BCUT2D eigenvalue weighted by atomic mass is 16.6. The Morgan fingerprint density at radius 2 is 2.08 bits per heavy atom. The molecule has 3 heteroatoms. The molecule has 0 aliphatic carbocycles. The molecule has 13 heavy (non-hydrogen) atoms. The van der Waals surface area contributed by atoms with Crippen LogP contribution >= 0.6 is 0 Å². The van der Waals surface area contributed by atoms with Gasteiger partial charge in [0.1, 0.15) is 6.10 Å². The Morgan fingerprint density at radius 1 is 1.46 bits per heavy atom. The van der Waals surface area contributed by atoms with Crippen LogP contribution in [0.25, 0.3) is 0 Å². The van der Waals surface area contributed by atoms with Gasteiger partial charge in [-0.15, -0.1) is 0 Å². The Labute approximate surface area is 80.1 Å². The van der Waals surface area contributed by atoms with Crippen LogP contribution in [0, 0.1) is 0 Å². The van der Waals surface area contributed by atoms with E-state index in [1.807, 2.05) is 13.8 Å². The minimum absolute atomic E-state index is 0.199. The van der Waals surface area contributed by atoms with Crippen LogP contribution in [-0.4, -0.2) is 23.3 Å². The van der Waals surface area contributed by atoms with E-state index in [9.17, 15) is 9.90 Å². The molecular weight excluding hydrogens is 168 g/mol. The summed E-state index contributed by atoms with van der Waals surface area (Å²) in [6.07, 6.45) is 2.05. The average molecular weight is 188 g/mol. The van der Waals surface area contributed by atoms with Gasteiger partial charge in [-0.25, -0.2) is 0 Å².